The predicted molar refractivity (Wildman–Crippen MR) is 88.1 cm³/mol. The quantitative estimate of drug-likeness (QED) is 0.872. The van der Waals surface area contributed by atoms with Gasteiger partial charge in [-0.15, -0.1) is 11.3 Å². The van der Waals surface area contributed by atoms with Crippen LogP contribution in [0.2, 0.25) is 0 Å². The van der Waals surface area contributed by atoms with Gasteiger partial charge in [-0.3, -0.25) is 0 Å². The van der Waals surface area contributed by atoms with Crippen LogP contribution in [0.3, 0.4) is 0 Å². The Morgan fingerprint density at radius 2 is 2.19 bits per heavy atom. The molecule has 0 saturated carbocycles. The van der Waals surface area contributed by atoms with E-state index in [1.54, 1.807) is 10.4 Å². The predicted octanol–water partition coefficient (Wildman–Crippen LogP) is 3.06. The van der Waals surface area contributed by atoms with Gasteiger partial charge in [0, 0.05) is 24.5 Å². The van der Waals surface area contributed by atoms with Crippen molar-refractivity contribution >= 4 is 21.4 Å². The highest BCUT2D eigenvalue weighted by atomic mass is 32.2. The third-order valence-corrected chi connectivity index (χ3v) is 7.20. The van der Waals surface area contributed by atoms with E-state index in [-0.39, 0.29) is 0 Å². The molecule has 1 saturated heterocycles. The summed E-state index contributed by atoms with van der Waals surface area (Å²) in [7, 11) is -1.48. The fraction of sp³-hybridized carbons (Fsp3) is 0.733. The minimum Gasteiger partial charge on any atom is -0.315 e. The third kappa shape index (κ3) is 4.06. The topological polar surface area (TPSA) is 49.4 Å². The van der Waals surface area contributed by atoms with Crippen LogP contribution < -0.4 is 5.32 Å². The maximum absolute atomic E-state index is 12.9. The molecular weight excluding hydrogens is 304 g/mol. The molecule has 0 bridgehead atoms. The molecule has 0 aromatic carbocycles. The van der Waals surface area contributed by atoms with Crippen molar-refractivity contribution in [2.24, 2.45) is 5.92 Å². The molecule has 0 spiro atoms. The number of hydrogen-bond donors (Lipinski definition) is 1. The van der Waals surface area contributed by atoms with Crippen LogP contribution >= 0.6 is 11.3 Å². The van der Waals surface area contributed by atoms with E-state index in [2.05, 4.69) is 12.2 Å². The molecule has 1 aliphatic rings. The lowest BCUT2D eigenvalue weighted by Gasteiger charge is -2.20. The third-order valence-electron chi connectivity index (χ3n) is 4.16. The number of rotatable bonds is 6. The molecule has 0 aliphatic carbocycles. The second-order valence-corrected chi connectivity index (χ2v) is 8.64. The standard InChI is InChI=1S/C15H26N2O2S2/c1-3-5-13-6-4-9-17(10-7-13)21(18,19)15-8-11-20-14(15)12-16-2/h8,11,13,16H,3-7,9-10,12H2,1-2H3. The van der Waals surface area contributed by atoms with Crippen LogP contribution in [-0.4, -0.2) is 32.9 Å². The summed E-state index contributed by atoms with van der Waals surface area (Å²) < 4.78 is 27.4. The Balaban J connectivity index is 2.13. The van der Waals surface area contributed by atoms with Gasteiger partial charge in [-0.25, -0.2) is 8.42 Å². The van der Waals surface area contributed by atoms with Gasteiger partial charge in [-0.1, -0.05) is 19.8 Å². The van der Waals surface area contributed by atoms with E-state index in [1.807, 2.05) is 12.4 Å². The van der Waals surface area contributed by atoms with E-state index in [0.717, 1.165) is 24.1 Å². The molecule has 1 aromatic heterocycles. The van der Waals surface area contributed by atoms with Crippen molar-refractivity contribution in [2.45, 2.75) is 50.5 Å². The Kier molecular flexibility index (Phi) is 6.22. The van der Waals surface area contributed by atoms with Crippen LogP contribution in [0.25, 0.3) is 0 Å². The second-order valence-electron chi connectivity index (χ2n) is 5.73. The van der Waals surface area contributed by atoms with Crippen LogP contribution in [0.15, 0.2) is 16.3 Å². The lowest BCUT2D eigenvalue weighted by Crippen LogP contribution is -2.32. The lowest BCUT2D eigenvalue weighted by molar-refractivity contribution is 0.400. The molecule has 1 unspecified atom stereocenters. The van der Waals surface area contributed by atoms with Gasteiger partial charge in [-0.2, -0.15) is 4.31 Å². The highest BCUT2D eigenvalue weighted by Crippen LogP contribution is 2.29. The molecule has 2 rings (SSSR count). The minimum absolute atomic E-state index is 0.496. The Morgan fingerprint density at radius 3 is 2.90 bits per heavy atom. The van der Waals surface area contributed by atoms with Crippen molar-refractivity contribution in [2.75, 3.05) is 20.1 Å². The highest BCUT2D eigenvalue weighted by Gasteiger charge is 2.29. The van der Waals surface area contributed by atoms with Gasteiger partial charge in [-0.05, 0) is 43.7 Å². The summed E-state index contributed by atoms with van der Waals surface area (Å²) in [4.78, 5) is 1.41. The van der Waals surface area contributed by atoms with Gasteiger partial charge in [0.15, 0.2) is 0 Å². The summed E-state index contributed by atoms with van der Waals surface area (Å²) in [5.74, 6) is 0.689. The number of sulfonamides is 1. The van der Waals surface area contributed by atoms with Gasteiger partial charge in [0.05, 0.1) is 4.90 Å². The van der Waals surface area contributed by atoms with Crippen molar-refractivity contribution in [1.29, 1.82) is 0 Å². The minimum atomic E-state index is -3.33. The molecule has 0 radical (unpaired) electrons. The molecule has 6 heteroatoms. The van der Waals surface area contributed by atoms with Gasteiger partial charge in [0.25, 0.3) is 0 Å². The van der Waals surface area contributed by atoms with Crippen molar-refractivity contribution < 1.29 is 8.42 Å². The van der Waals surface area contributed by atoms with Gasteiger partial charge in [0.1, 0.15) is 0 Å². The van der Waals surface area contributed by atoms with Crippen LogP contribution in [0, 0.1) is 5.92 Å². The largest absolute Gasteiger partial charge is 0.315 e. The Labute approximate surface area is 132 Å². The first-order valence-electron chi connectivity index (χ1n) is 7.80. The Bertz CT molecular complexity index is 540. The molecule has 0 amide bonds. The van der Waals surface area contributed by atoms with Crippen molar-refractivity contribution in [3.05, 3.63) is 16.3 Å². The van der Waals surface area contributed by atoms with Gasteiger partial charge < -0.3 is 5.32 Å². The molecule has 1 N–H and O–H groups in total. The average molecular weight is 331 g/mol. The summed E-state index contributed by atoms with van der Waals surface area (Å²) >= 11 is 1.51. The highest BCUT2D eigenvalue weighted by molar-refractivity contribution is 7.89. The molecule has 21 heavy (non-hydrogen) atoms. The van der Waals surface area contributed by atoms with E-state index >= 15 is 0 Å². The smallest absolute Gasteiger partial charge is 0.244 e. The van der Waals surface area contributed by atoms with E-state index in [1.165, 1.54) is 24.2 Å². The first kappa shape index (κ1) is 16.9. The Hall–Kier alpha value is -0.430. The molecule has 4 nitrogen and oxygen atoms in total. The summed E-state index contributed by atoms with van der Waals surface area (Å²) in [5.41, 5.74) is 0. The van der Waals surface area contributed by atoms with Crippen LogP contribution in [-0.2, 0) is 16.6 Å². The Morgan fingerprint density at radius 1 is 1.38 bits per heavy atom. The van der Waals surface area contributed by atoms with Crippen LogP contribution in [0.4, 0.5) is 0 Å². The summed E-state index contributed by atoms with van der Waals surface area (Å²) in [5, 5.41) is 4.92. The van der Waals surface area contributed by atoms with Gasteiger partial charge >= 0.3 is 0 Å². The fourth-order valence-electron chi connectivity index (χ4n) is 3.06. The van der Waals surface area contributed by atoms with Crippen molar-refractivity contribution in [3.8, 4) is 0 Å². The SMILES string of the molecule is CCCC1CCCN(S(=O)(=O)c2ccsc2CNC)CC1. The van der Waals surface area contributed by atoms with E-state index < -0.39 is 10.0 Å². The molecule has 2 heterocycles. The number of nitrogens with zero attached hydrogens (tertiary/aromatic N) is 1. The number of thiophene rings is 1. The molecule has 1 atom stereocenters. The second kappa shape index (κ2) is 7.72. The average Bonchev–Trinajstić information content (AvgIpc) is 2.78. The molecule has 1 aromatic rings. The zero-order valence-electron chi connectivity index (χ0n) is 13.0. The first-order valence-corrected chi connectivity index (χ1v) is 10.1. The molecule has 1 aliphatic heterocycles. The maximum Gasteiger partial charge on any atom is 0.244 e. The first-order chi connectivity index (χ1) is 10.1. The van der Waals surface area contributed by atoms with Crippen LogP contribution in [0.5, 0.6) is 0 Å². The zero-order valence-corrected chi connectivity index (χ0v) is 14.6. The van der Waals surface area contributed by atoms with E-state index in [4.69, 9.17) is 0 Å². The molecule has 1 fully saturated rings. The number of nitrogens with one attached hydrogen (secondary N) is 1. The molecule has 120 valence electrons. The maximum atomic E-state index is 12.9. The number of hydrogen-bond acceptors (Lipinski definition) is 4. The van der Waals surface area contributed by atoms with Crippen molar-refractivity contribution in [3.63, 3.8) is 0 Å². The molecular formula is C15H26N2O2S2. The lowest BCUT2D eigenvalue weighted by atomic mass is 9.96. The summed E-state index contributed by atoms with van der Waals surface area (Å²) in [6.07, 6.45) is 5.55. The normalized spacial score (nSPS) is 21.3. The van der Waals surface area contributed by atoms with Gasteiger partial charge in [0.2, 0.25) is 10.0 Å². The summed E-state index contributed by atoms with van der Waals surface area (Å²) in [6, 6.07) is 1.75. The monoisotopic (exact) mass is 330 g/mol. The summed E-state index contributed by atoms with van der Waals surface area (Å²) in [6.45, 7) is 4.15. The zero-order chi connectivity index (χ0) is 15.3. The van der Waals surface area contributed by atoms with E-state index in [9.17, 15) is 8.42 Å². The van der Waals surface area contributed by atoms with E-state index in [0.29, 0.717) is 30.4 Å². The van der Waals surface area contributed by atoms with Crippen molar-refractivity contribution in [1.82, 2.24) is 9.62 Å². The fourth-order valence-corrected chi connectivity index (χ4v) is 5.98. The van der Waals surface area contributed by atoms with Crippen LogP contribution in [0.1, 0.15) is 43.9 Å².